The lowest BCUT2D eigenvalue weighted by molar-refractivity contribution is -0.414. The van der Waals surface area contributed by atoms with Gasteiger partial charge in [-0.15, -0.1) is 0 Å². The van der Waals surface area contributed by atoms with E-state index in [1.165, 1.54) is 6.92 Å². The number of carbonyl (C=O) groups is 1. The fourth-order valence-corrected chi connectivity index (χ4v) is 18.8. The minimum absolute atomic E-state index is 0.0178. The van der Waals surface area contributed by atoms with E-state index in [0.29, 0.717) is 44.6 Å². The van der Waals surface area contributed by atoms with Crippen molar-refractivity contribution < 1.29 is 168 Å². The van der Waals surface area contributed by atoms with Gasteiger partial charge in [0.25, 0.3) is 0 Å². The maximum absolute atomic E-state index is 14.9. The lowest BCUT2D eigenvalue weighted by atomic mass is 9.44. The van der Waals surface area contributed by atoms with Gasteiger partial charge in [0.15, 0.2) is 43.5 Å². The number of hydrogen-bond donors (Lipinski definition) is 19. The van der Waals surface area contributed by atoms with E-state index in [1.54, 1.807) is 0 Å². The molecule has 34 heteroatoms. The van der Waals surface area contributed by atoms with Crippen molar-refractivity contribution in [2.24, 2.45) is 52.3 Å². The number of ketones is 1. The summed E-state index contributed by atoms with van der Waals surface area (Å²) in [7, 11) is 0. The van der Waals surface area contributed by atoms with Crippen molar-refractivity contribution in [1.29, 1.82) is 0 Å². The highest BCUT2D eigenvalue weighted by Crippen LogP contribution is 2.70. The van der Waals surface area contributed by atoms with E-state index < -0.39 is 247 Å². The monoisotopic (exact) mass is 1400 g/mol. The summed E-state index contributed by atoms with van der Waals surface area (Å²) >= 11 is 0. The van der Waals surface area contributed by atoms with Gasteiger partial charge >= 0.3 is 0 Å². The summed E-state index contributed by atoms with van der Waals surface area (Å²) < 4.78 is 85.1. The second-order valence-corrected chi connectivity index (χ2v) is 29.9. The zero-order valence-electron chi connectivity index (χ0n) is 54.6. The van der Waals surface area contributed by atoms with Crippen molar-refractivity contribution in [2.75, 3.05) is 39.6 Å². The maximum Gasteiger partial charge on any atom is 0.187 e. The molecule has 8 saturated heterocycles. The van der Waals surface area contributed by atoms with Crippen LogP contribution in [0, 0.1) is 52.3 Å². The van der Waals surface area contributed by atoms with Crippen molar-refractivity contribution in [2.45, 2.75) is 294 Å². The first kappa shape index (κ1) is 75.0. The maximum atomic E-state index is 14.9. The summed E-state index contributed by atoms with van der Waals surface area (Å²) in [6, 6.07) is 0. The molecule has 97 heavy (non-hydrogen) atoms. The van der Waals surface area contributed by atoms with Gasteiger partial charge in [0.05, 0.1) is 64.1 Å². The Morgan fingerprint density at radius 1 is 0.433 bits per heavy atom. The van der Waals surface area contributed by atoms with E-state index in [0.717, 1.165) is 19.3 Å². The number of rotatable bonds is 17. The molecule has 0 amide bonds. The van der Waals surface area contributed by atoms with Gasteiger partial charge in [-0.05, 0) is 74.5 Å². The Balaban J connectivity index is 0.769. The van der Waals surface area contributed by atoms with Crippen LogP contribution in [0.4, 0.5) is 0 Å². The van der Waals surface area contributed by atoms with Crippen LogP contribution >= 0.6 is 0 Å². The number of aliphatic hydroxyl groups is 19. The topological polar surface area (TPSA) is 531 Å². The first-order valence-corrected chi connectivity index (χ1v) is 34.3. The molecule has 0 aromatic rings. The highest BCUT2D eigenvalue weighted by Gasteiger charge is 2.75. The zero-order chi connectivity index (χ0) is 70.0. The number of hydrogen-bond acceptors (Lipinski definition) is 34. The number of aliphatic hydroxyl groups excluding tert-OH is 19. The Hall–Kier alpha value is -1.65. The van der Waals surface area contributed by atoms with Crippen LogP contribution in [0.3, 0.4) is 0 Å². The average Bonchev–Trinajstić information content (AvgIpc) is 1.53. The van der Waals surface area contributed by atoms with Gasteiger partial charge in [-0.2, -0.15) is 0 Å². The molecule has 34 nitrogen and oxygen atoms in total. The molecule has 12 fully saturated rings. The summed E-state index contributed by atoms with van der Waals surface area (Å²) in [4.78, 5) is 14.9. The molecule has 8 heterocycles. The molecule has 0 aromatic carbocycles. The molecule has 12 rings (SSSR count). The second-order valence-electron chi connectivity index (χ2n) is 29.9. The third-order valence-electron chi connectivity index (χ3n) is 24.5. The van der Waals surface area contributed by atoms with Crippen molar-refractivity contribution in [1.82, 2.24) is 0 Å². The first-order valence-electron chi connectivity index (χ1n) is 34.3. The van der Waals surface area contributed by atoms with E-state index in [4.69, 9.17) is 66.3 Å². The molecular weight excluding hydrogens is 1300 g/mol. The molecule has 0 unspecified atom stereocenters. The van der Waals surface area contributed by atoms with Crippen LogP contribution in [0.25, 0.3) is 0 Å². The minimum atomic E-state index is -2.30. The Morgan fingerprint density at radius 2 is 0.907 bits per heavy atom. The van der Waals surface area contributed by atoms with Crippen LogP contribution in [0.1, 0.15) is 86.0 Å². The molecular formula is C63H102O34. The lowest BCUT2D eigenvalue weighted by Crippen LogP contribution is -2.69. The highest BCUT2D eigenvalue weighted by molar-refractivity contribution is 5.87. The molecule has 4 aliphatic carbocycles. The van der Waals surface area contributed by atoms with Crippen molar-refractivity contribution >= 4 is 5.78 Å². The third kappa shape index (κ3) is 13.0. The molecule has 0 bridgehead atoms. The molecule has 0 aromatic heterocycles. The quantitative estimate of drug-likeness (QED) is 0.0602. The van der Waals surface area contributed by atoms with Crippen LogP contribution in [0.2, 0.25) is 0 Å². The van der Waals surface area contributed by atoms with E-state index in [-0.39, 0.29) is 46.7 Å². The highest BCUT2D eigenvalue weighted by atomic mass is 16.8. The Bertz CT molecular complexity index is 2630. The fourth-order valence-electron chi connectivity index (χ4n) is 18.8. The summed E-state index contributed by atoms with van der Waals surface area (Å²) in [6.07, 6.45) is -55.0. The van der Waals surface area contributed by atoms with Crippen LogP contribution in [-0.4, -0.2) is 351 Å². The van der Waals surface area contributed by atoms with Crippen LogP contribution < -0.4 is 0 Å². The van der Waals surface area contributed by atoms with Gasteiger partial charge in [0.1, 0.15) is 146 Å². The molecule has 0 radical (unpaired) electrons. The first-order chi connectivity index (χ1) is 46.0. The van der Waals surface area contributed by atoms with Crippen molar-refractivity contribution in [3.8, 4) is 0 Å². The van der Waals surface area contributed by atoms with Crippen molar-refractivity contribution in [3.63, 3.8) is 0 Å². The molecule has 4 saturated carbocycles. The second kappa shape index (κ2) is 29.4. The number of fused-ring (bicyclic) bond motifs is 7. The summed E-state index contributed by atoms with van der Waals surface area (Å²) in [5.74, 6) is -0.992. The predicted molar refractivity (Wildman–Crippen MR) is 314 cm³/mol. The van der Waals surface area contributed by atoms with Gasteiger partial charge < -0.3 is 163 Å². The summed E-state index contributed by atoms with van der Waals surface area (Å²) in [5, 5.41) is 212. The number of ether oxygens (including phenoxy) is 14. The van der Waals surface area contributed by atoms with Gasteiger partial charge in [0.2, 0.25) is 0 Å². The summed E-state index contributed by atoms with van der Waals surface area (Å²) in [6.45, 7) is 5.34. The molecule has 558 valence electrons. The molecule has 8 aliphatic heterocycles. The van der Waals surface area contributed by atoms with Crippen molar-refractivity contribution in [3.05, 3.63) is 0 Å². The Labute approximate surface area is 558 Å². The van der Waals surface area contributed by atoms with E-state index in [9.17, 15) is 102 Å². The minimum Gasteiger partial charge on any atom is -0.394 e. The molecule has 1 spiro atoms. The Kier molecular flexibility index (Phi) is 22.7. The van der Waals surface area contributed by atoms with E-state index in [1.807, 2.05) is 6.92 Å². The van der Waals surface area contributed by atoms with Gasteiger partial charge in [0, 0.05) is 36.0 Å². The Morgan fingerprint density at radius 3 is 1.48 bits per heavy atom. The molecule has 19 N–H and O–H groups in total. The smallest absolute Gasteiger partial charge is 0.187 e. The number of carbonyl (C=O) groups excluding carboxylic acids is 1. The molecule has 43 atom stereocenters. The normalized spacial score (nSPS) is 57.2. The van der Waals surface area contributed by atoms with Crippen LogP contribution in [0.5, 0.6) is 0 Å². The van der Waals surface area contributed by atoms with Gasteiger partial charge in [-0.1, -0.05) is 27.7 Å². The van der Waals surface area contributed by atoms with Gasteiger partial charge in [-0.3, -0.25) is 4.79 Å². The zero-order valence-corrected chi connectivity index (χ0v) is 54.6. The predicted octanol–water partition coefficient (Wildman–Crippen LogP) is -8.08. The molecule has 12 aliphatic rings. The average molecular weight is 1400 g/mol. The van der Waals surface area contributed by atoms with E-state index in [2.05, 4.69) is 20.8 Å². The van der Waals surface area contributed by atoms with Crippen LogP contribution in [-0.2, 0) is 71.1 Å². The van der Waals surface area contributed by atoms with Crippen LogP contribution in [0.15, 0.2) is 0 Å². The number of Topliss-reactive ketones (excluding diaryl/α,β-unsaturated/α-hetero) is 1. The van der Waals surface area contributed by atoms with E-state index >= 15 is 0 Å². The SMILES string of the molecule is C[C@@H]1CC[C@@]2(OC1)O[C@H]1[C@H](O)[C@H]3[C@@H]4CC[C@H]5C[C@@H](O[C@@H]6O[C@H](CO)[C@H](O[C@@H]7O[C@H](CO)[C@@H](O)[C@H](O[C@@H]8O[C@H](CO)[C@@H](O[C@@H]9O[C@@H](C)[C@H](O)[C@@H](O)[C@H]9O)[C@H](O)[C@H]8O)[C@H]7O[C@@H]7O[C@H](CO)[C@@H](O)[C@H](O[C@@H]8O[C@H](CO)[C@@H](O)[C@H](O)[C@H]8O)[C@H]7O)[C@H](O)[C@H]6O)CC[C@]5(C)[C@H]4CC(=O)[C@]3(C)[C@H]1[C@@H]2C. The lowest BCUT2D eigenvalue weighted by Gasteiger charge is -2.61. The largest absolute Gasteiger partial charge is 0.394 e. The summed E-state index contributed by atoms with van der Waals surface area (Å²) in [5.41, 5.74) is -1.17. The third-order valence-corrected chi connectivity index (χ3v) is 24.5. The fraction of sp³-hybridized carbons (Fsp3) is 0.984. The standard InChI is InChI=1S/C63H102O34/c1-20-8-11-63(84-19-20)21(2)33-51(97-63)39(74)34-25-7-6-23-12-24(9-10-61(23,4)26(25)13-32(69)62(33,34)5)86-56-46(81)42(77)50(31(18-68)90-56)93-60-54(96-59-48(83)52(37(72)28(15-65)88-59)94-57-45(80)41(76)36(71)27(14-64)87-57)53(38(73)29(16-66)89-60)95-58-47(82)43(78)49(30(17-67)91-58)92-55-44(79)40(75)35(70)22(3)85-55/h20-31,33-60,64-68,70-83H,6-19H2,1-5H3/t20-,21+,22+,23+,24+,25-,26+,27-,28-,29-,30-,31-,33+,34-,35+,36-,37-,38-,39-,40-,41+,42-,43-,44-,45-,46-,47-,48-,49-,50+,51-,52+,53+,54-,55+,56-,57+,58+,59+,60+,61+,62-,63-/m1/s1. The van der Waals surface area contributed by atoms with Gasteiger partial charge in [-0.25, -0.2) is 0 Å².